The molecule has 0 unspecified atom stereocenters. The van der Waals surface area contributed by atoms with Gasteiger partial charge in [0.15, 0.2) is 17.3 Å². The molecule has 0 saturated carbocycles. The highest BCUT2D eigenvalue weighted by Gasteiger charge is 2.15. The van der Waals surface area contributed by atoms with Crippen molar-refractivity contribution in [3.05, 3.63) is 89.5 Å². The first-order chi connectivity index (χ1) is 18.4. The molecule has 1 heterocycles. The number of ketones is 1. The van der Waals surface area contributed by atoms with Crippen LogP contribution in [0.5, 0.6) is 17.2 Å². The third-order valence-electron chi connectivity index (χ3n) is 6.47. The largest absolute Gasteiger partial charge is 0.493 e. The van der Waals surface area contributed by atoms with E-state index in [4.69, 9.17) is 14.2 Å². The van der Waals surface area contributed by atoms with Crippen LogP contribution in [0.1, 0.15) is 23.6 Å². The molecule has 1 aliphatic heterocycles. The number of ether oxygens (including phenoxy) is 3. The van der Waals surface area contributed by atoms with Crippen LogP contribution in [-0.4, -0.2) is 57.0 Å². The average molecular weight is 515 g/mol. The van der Waals surface area contributed by atoms with E-state index in [9.17, 15) is 9.59 Å². The highest BCUT2D eigenvalue weighted by atomic mass is 16.6. The minimum atomic E-state index is -0.439. The van der Waals surface area contributed by atoms with Crippen molar-refractivity contribution in [2.45, 2.75) is 20.0 Å². The smallest absolute Gasteiger partial charge is 0.308 e. The zero-order valence-corrected chi connectivity index (χ0v) is 22.2. The van der Waals surface area contributed by atoms with Crippen LogP contribution in [0, 0.1) is 0 Å². The predicted octanol–water partition coefficient (Wildman–Crippen LogP) is 4.78. The summed E-state index contributed by atoms with van der Waals surface area (Å²) in [6.45, 7) is 5.81. The molecule has 1 aliphatic rings. The number of carbonyl (C=O) groups is 2. The molecule has 38 heavy (non-hydrogen) atoms. The number of hydrogen-bond donors (Lipinski definition) is 0. The minimum Gasteiger partial charge on any atom is -0.493 e. The van der Waals surface area contributed by atoms with Gasteiger partial charge in [-0.05, 0) is 54.1 Å². The molecule has 1 saturated heterocycles. The summed E-state index contributed by atoms with van der Waals surface area (Å²) in [7, 11) is 3.65. The second-order valence-electron chi connectivity index (χ2n) is 9.33. The Bertz CT molecular complexity index is 1290. The molecule has 0 spiro atoms. The van der Waals surface area contributed by atoms with Crippen molar-refractivity contribution in [3.8, 4) is 17.2 Å². The number of anilines is 1. The van der Waals surface area contributed by atoms with E-state index < -0.39 is 5.97 Å². The molecule has 3 aromatic rings. The van der Waals surface area contributed by atoms with Gasteiger partial charge in [-0.2, -0.15) is 0 Å². The number of likely N-dealkylation sites (N-methyl/N-ethyl adjacent to an activating group) is 1. The van der Waals surface area contributed by atoms with E-state index in [-0.39, 0.29) is 12.2 Å². The van der Waals surface area contributed by atoms with Crippen LogP contribution in [0.25, 0.3) is 6.08 Å². The Morgan fingerprint density at radius 2 is 1.66 bits per heavy atom. The van der Waals surface area contributed by atoms with Gasteiger partial charge < -0.3 is 24.0 Å². The fraction of sp³-hybridized carbons (Fsp3) is 0.290. The topological polar surface area (TPSA) is 68.3 Å². The monoisotopic (exact) mass is 514 g/mol. The number of nitrogens with zero attached hydrogens (tertiary/aromatic N) is 2. The molecule has 7 nitrogen and oxygen atoms in total. The first-order valence-corrected chi connectivity index (χ1v) is 12.7. The van der Waals surface area contributed by atoms with E-state index in [1.165, 1.54) is 25.8 Å². The summed E-state index contributed by atoms with van der Waals surface area (Å²) in [6.07, 6.45) is 3.50. The van der Waals surface area contributed by atoms with Crippen LogP contribution < -0.4 is 19.1 Å². The van der Waals surface area contributed by atoms with Gasteiger partial charge in [-0.25, -0.2) is 0 Å². The summed E-state index contributed by atoms with van der Waals surface area (Å²) in [5, 5.41) is 0. The molecule has 0 bridgehead atoms. The standard InChI is InChI=1S/C31H34N2O5/c1-23(34)38-31-19-24(12-14-30(31)36-3)11-13-28(35)20-25-7-4-5-8-26(25)22-37-29-10-6-9-27(21-29)33-17-15-32(2)16-18-33/h4-14,19,21H,15-18,20,22H2,1-3H3/b13-11+. The van der Waals surface area contributed by atoms with Gasteiger partial charge in [0.2, 0.25) is 0 Å². The van der Waals surface area contributed by atoms with Gasteiger partial charge in [0.1, 0.15) is 12.4 Å². The molecule has 0 amide bonds. The SMILES string of the molecule is COc1ccc(/C=C/C(=O)Cc2ccccc2COc2cccc(N3CCN(C)CC3)c2)cc1OC(C)=O. The van der Waals surface area contributed by atoms with Crippen LogP contribution in [0.3, 0.4) is 0 Å². The second-order valence-corrected chi connectivity index (χ2v) is 9.33. The van der Waals surface area contributed by atoms with Crippen molar-refractivity contribution < 1.29 is 23.8 Å². The summed E-state index contributed by atoms with van der Waals surface area (Å²) >= 11 is 0. The Labute approximate surface area is 224 Å². The summed E-state index contributed by atoms with van der Waals surface area (Å²) in [6, 6.07) is 21.2. The van der Waals surface area contributed by atoms with Gasteiger partial charge in [-0.1, -0.05) is 42.5 Å². The Balaban J connectivity index is 1.38. The van der Waals surface area contributed by atoms with Crippen molar-refractivity contribution in [3.63, 3.8) is 0 Å². The number of benzene rings is 3. The molecular weight excluding hydrogens is 480 g/mol. The Morgan fingerprint density at radius 1 is 0.895 bits per heavy atom. The van der Waals surface area contributed by atoms with E-state index in [1.54, 1.807) is 24.3 Å². The van der Waals surface area contributed by atoms with E-state index in [2.05, 4.69) is 29.0 Å². The number of carbonyl (C=O) groups excluding carboxylic acids is 2. The lowest BCUT2D eigenvalue weighted by molar-refractivity contribution is -0.132. The molecule has 0 aromatic heterocycles. The minimum absolute atomic E-state index is 0.0423. The van der Waals surface area contributed by atoms with Gasteiger partial charge in [0.25, 0.3) is 0 Å². The summed E-state index contributed by atoms with van der Waals surface area (Å²) < 4.78 is 16.6. The van der Waals surface area contributed by atoms with Gasteiger partial charge >= 0.3 is 5.97 Å². The molecule has 0 radical (unpaired) electrons. The molecule has 4 rings (SSSR count). The van der Waals surface area contributed by atoms with Crippen molar-refractivity contribution in [1.82, 2.24) is 4.90 Å². The highest BCUT2D eigenvalue weighted by Crippen LogP contribution is 2.29. The van der Waals surface area contributed by atoms with E-state index >= 15 is 0 Å². The molecule has 198 valence electrons. The summed E-state index contributed by atoms with van der Waals surface area (Å²) in [5.41, 5.74) is 3.79. The third kappa shape index (κ3) is 7.46. The summed E-state index contributed by atoms with van der Waals surface area (Å²) in [5.74, 6) is 1.09. The molecule has 1 fully saturated rings. The molecule has 0 aliphatic carbocycles. The molecule has 0 atom stereocenters. The summed E-state index contributed by atoms with van der Waals surface area (Å²) in [4.78, 5) is 28.9. The number of hydrogen-bond acceptors (Lipinski definition) is 7. The van der Waals surface area contributed by atoms with E-state index in [0.29, 0.717) is 18.1 Å². The van der Waals surface area contributed by atoms with E-state index in [0.717, 1.165) is 48.6 Å². The third-order valence-corrected chi connectivity index (χ3v) is 6.47. The van der Waals surface area contributed by atoms with Gasteiger partial charge in [-0.15, -0.1) is 0 Å². The zero-order valence-electron chi connectivity index (χ0n) is 22.2. The van der Waals surface area contributed by atoms with Crippen molar-refractivity contribution in [2.75, 3.05) is 45.2 Å². The number of allylic oxidation sites excluding steroid dienone is 1. The maximum absolute atomic E-state index is 12.8. The predicted molar refractivity (Wildman–Crippen MR) is 149 cm³/mol. The maximum Gasteiger partial charge on any atom is 0.308 e. The number of piperazine rings is 1. The van der Waals surface area contributed by atoms with Crippen LogP contribution in [0.15, 0.2) is 72.8 Å². The fourth-order valence-corrected chi connectivity index (χ4v) is 4.33. The first-order valence-electron chi connectivity index (χ1n) is 12.7. The highest BCUT2D eigenvalue weighted by molar-refractivity contribution is 5.95. The van der Waals surface area contributed by atoms with Crippen LogP contribution >= 0.6 is 0 Å². The Kier molecular flexibility index (Phi) is 9.16. The zero-order chi connectivity index (χ0) is 26.9. The molecular formula is C31H34N2O5. The van der Waals surface area contributed by atoms with Gasteiger partial charge in [0.05, 0.1) is 7.11 Å². The number of rotatable bonds is 10. The van der Waals surface area contributed by atoms with Crippen LogP contribution in [0.4, 0.5) is 5.69 Å². The lowest BCUT2D eigenvalue weighted by Crippen LogP contribution is -2.44. The number of esters is 1. The van der Waals surface area contributed by atoms with Crippen LogP contribution in [-0.2, 0) is 22.6 Å². The normalized spacial score (nSPS) is 13.9. The number of methoxy groups -OCH3 is 1. The van der Waals surface area contributed by atoms with Gasteiger partial charge in [0, 0.05) is 51.3 Å². The maximum atomic E-state index is 12.8. The average Bonchev–Trinajstić information content (AvgIpc) is 2.92. The molecule has 0 N–H and O–H groups in total. The van der Waals surface area contributed by atoms with Crippen LogP contribution in [0.2, 0.25) is 0 Å². The lowest BCUT2D eigenvalue weighted by Gasteiger charge is -2.34. The quantitative estimate of drug-likeness (QED) is 0.219. The first kappa shape index (κ1) is 26.9. The van der Waals surface area contributed by atoms with Crippen molar-refractivity contribution in [1.29, 1.82) is 0 Å². The van der Waals surface area contributed by atoms with E-state index in [1.807, 2.05) is 36.4 Å². The molecule has 3 aromatic carbocycles. The lowest BCUT2D eigenvalue weighted by atomic mass is 10.0. The van der Waals surface area contributed by atoms with Crippen molar-refractivity contribution in [2.24, 2.45) is 0 Å². The van der Waals surface area contributed by atoms with Gasteiger partial charge in [-0.3, -0.25) is 9.59 Å². The second kappa shape index (κ2) is 12.9. The Morgan fingerprint density at radius 3 is 2.39 bits per heavy atom. The Hall–Kier alpha value is -4.10. The molecule has 7 heteroatoms. The van der Waals surface area contributed by atoms with Crippen molar-refractivity contribution >= 4 is 23.5 Å². The fourth-order valence-electron chi connectivity index (χ4n) is 4.33.